The monoisotopic (exact) mass is 541 g/mol. The largest absolute Gasteiger partial charge is 0.465 e. The number of amides is 2. The first-order valence-electron chi connectivity index (χ1n) is 13.6. The molecule has 0 bridgehead atoms. The van der Waals surface area contributed by atoms with Crippen LogP contribution < -0.4 is 10.6 Å². The number of likely N-dealkylation sites (tertiary alicyclic amines) is 1. The average molecular weight is 542 g/mol. The standard InChI is InChI=1S/C29H39N3O7/c1-3-37-26(35)15-30-29(36)31-23-12-10-22(11-13-23)28-38-25(16-32-14-4-5-24(32)18-34)19(2)27(39-28)21-8-6-20(17-33)7-9-21/h6-13,19,24-25,27-28,33-34H,3-5,14-18H2,1-2H3,(H2,30,31,36). The smallest absolute Gasteiger partial charge is 0.325 e. The lowest BCUT2D eigenvalue weighted by molar-refractivity contribution is -0.276. The molecule has 4 N–H and O–H groups in total. The second-order valence-corrected chi connectivity index (χ2v) is 10.0. The SMILES string of the molecule is CCOC(=O)CNC(=O)Nc1ccc(C2OC(CN3CCCC3CO)C(C)C(c3ccc(CO)cc3)O2)cc1. The molecule has 39 heavy (non-hydrogen) atoms. The molecule has 0 saturated carbocycles. The topological polar surface area (TPSA) is 130 Å². The van der Waals surface area contributed by atoms with E-state index in [1.807, 2.05) is 36.4 Å². The summed E-state index contributed by atoms with van der Waals surface area (Å²) in [7, 11) is 0. The number of benzene rings is 2. The van der Waals surface area contributed by atoms with Crippen molar-refractivity contribution in [3.63, 3.8) is 0 Å². The zero-order valence-corrected chi connectivity index (χ0v) is 22.5. The zero-order valence-electron chi connectivity index (χ0n) is 22.5. The molecule has 4 rings (SSSR count). The number of ether oxygens (including phenoxy) is 3. The first-order valence-corrected chi connectivity index (χ1v) is 13.6. The summed E-state index contributed by atoms with van der Waals surface area (Å²) in [6, 6.07) is 14.6. The van der Waals surface area contributed by atoms with Gasteiger partial charge in [0.25, 0.3) is 0 Å². The van der Waals surface area contributed by atoms with Gasteiger partial charge in [-0.3, -0.25) is 9.69 Å². The number of carbonyl (C=O) groups excluding carboxylic acids is 2. The summed E-state index contributed by atoms with van der Waals surface area (Å²) in [5, 5.41) is 24.5. The molecule has 10 heteroatoms. The van der Waals surface area contributed by atoms with E-state index in [0.717, 1.165) is 36.1 Å². The van der Waals surface area contributed by atoms with E-state index < -0.39 is 18.3 Å². The van der Waals surface area contributed by atoms with Gasteiger partial charge in [-0.25, -0.2) is 4.79 Å². The maximum absolute atomic E-state index is 12.1. The van der Waals surface area contributed by atoms with Gasteiger partial charge in [0.2, 0.25) is 0 Å². The van der Waals surface area contributed by atoms with Crippen molar-refractivity contribution in [2.75, 3.05) is 38.2 Å². The molecule has 5 atom stereocenters. The van der Waals surface area contributed by atoms with Crippen molar-refractivity contribution in [3.05, 3.63) is 65.2 Å². The van der Waals surface area contributed by atoms with Crippen LogP contribution in [0.5, 0.6) is 0 Å². The Morgan fingerprint density at radius 1 is 1.05 bits per heavy atom. The fraction of sp³-hybridized carbons (Fsp3) is 0.517. The molecule has 0 radical (unpaired) electrons. The maximum Gasteiger partial charge on any atom is 0.325 e. The van der Waals surface area contributed by atoms with Crippen LogP contribution in [0.25, 0.3) is 0 Å². The number of urea groups is 1. The first kappa shape index (κ1) is 29.0. The molecule has 2 aliphatic heterocycles. The van der Waals surface area contributed by atoms with Gasteiger partial charge in [0, 0.05) is 29.8 Å². The van der Waals surface area contributed by atoms with Crippen LogP contribution in [0.4, 0.5) is 10.5 Å². The first-order chi connectivity index (χ1) is 18.9. The average Bonchev–Trinajstić information content (AvgIpc) is 3.41. The highest BCUT2D eigenvalue weighted by atomic mass is 16.7. The third-order valence-corrected chi connectivity index (χ3v) is 7.39. The molecule has 10 nitrogen and oxygen atoms in total. The summed E-state index contributed by atoms with van der Waals surface area (Å²) in [6.45, 7) is 5.60. The van der Waals surface area contributed by atoms with Crippen LogP contribution in [0.2, 0.25) is 0 Å². The molecule has 0 aromatic heterocycles. The highest BCUT2D eigenvalue weighted by Crippen LogP contribution is 2.42. The van der Waals surface area contributed by atoms with Crippen molar-refractivity contribution < 1.29 is 34.0 Å². The Labute approximate surface area is 229 Å². The number of hydrogen-bond acceptors (Lipinski definition) is 8. The van der Waals surface area contributed by atoms with E-state index in [4.69, 9.17) is 14.2 Å². The van der Waals surface area contributed by atoms with Gasteiger partial charge >= 0.3 is 12.0 Å². The minimum Gasteiger partial charge on any atom is -0.465 e. The van der Waals surface area contributed by atoms with E-state index >= 15 is 0 Å². The van der Waals surface area contributed by atoms with Crippen molar-refractivity contribution in [1.29, 1.82) is 0 Å². The Balaban J connectivity index is 1.47. The molecule has 0 aliphatic carbocycles. The van der Waals surface area contributed by atoms with Gasteiger partial charge in [-0.05, 0) is 49.6 Å². The number of hydrogen-bond donors (Lipinski definition) is 4. The number of rotatable bonds is 10. The Hall–Kier alpha value is -3.02. The molecule has 5 unspecified atom stereocenters. The zero-order chi connectivity index (χ0) is 27.8. The number of aliphatic hydroxyl groups excluding tert-OH is 2. The minimum absolute atomic E-state index is 0.0194. The van der Waals surface area contributed by atoms with Crippen LogP contribution in [-0.2, 0) is 25.6 Å². The quantitative estimate of drug-likeness (QED) is 0.338. The van der Waals surface area contributed by atoms with Gasteiger partial charge in [-0.15, -0.1) is 0 Å². The number of nitrogens with one attached hydrogen (secondary N) is 2. The van der Waals surface area contributed by atoms with Gasteiger partial charge in [-0.1, -0.05) is 43.3 Å². The molecule has 212 valence electrons. The Kier molecular flexibility index (Phi) is 10.3. The molecule has 2 saturated heterocycles. The molecule has 2 aromatic rings. The van der Waals surface area contributed by atoms with Gasteiger partial charge in [0.05, 0.1) is 32.0 Å². The molecular weight excluding hydrogens is 502 g/mol. The van der Waals surface area contributed by atoms with Crippen LogP contribution in [0.15, 0.2) is 48.5 Å². The van der Waals surface area contributed by atoms with Gasteiger partial charge in [0.15, 0.2) is 6.29 Å². The van der Waals surface area contributed by atoms with E-state index in [0.29, 0.717) is 12.2 Å². The maximum atomic E-state index is 12.1. The van der Waals surface area contributed by atoms with Crippen LogP contribution in [-0.4, -0.2) is 72.1 Å². The van der Waals surface area contributed by atoms with Crippen molar-refractivity contribution >= 4 is 17.7 Å². The van der Waals surface area contributed by atoms with E-state index in [9.17, 15) is 19.8 Å². The summed E-state index contributed by atoms with van der Waals surface area (Å²) in [6.07, 6.45) is 1.04. The Bertz CT molecular complexity index is 1080. The number of nitrogens with zero attached hydrogens (tertiary/aromatic N) is 1. The molecule has 0 spiro atoms. The summed E-state index contributed by atoms with van der Waals surface area (Å²) in [4.78, 5) is 25.9. The van der Waals surface area contributed by atoms with Crippen LogP contribution in [0.1, 0.15) is 55.8 Å². The predicted molar refractivity (Wildman–Crippen MR) is 145 cm³/mol. The molecule has 2 heterocycles. The van der Waals surface area contributed by atoms with Crippen molar-refractivity contribution in [2.24, 2.45) is 5.92 Å². The van der Waals surface area contributed by atoms with E-state index in [1.54, 1.807) is 19.1 Å². The number of aliphatic hydroxyl groups is 2. The fourth-order valence-corrected chi connectivity index (χ4v) is 5.16. The Morgan fingerprint density at radius 2 is 1.77 bits per heavy atom. The summed E-state index contributed by atoms with van der Waals surface area (Å²) < 4.78 is 17.8. The third kappa shape index (κ3) is 7.55. The number of esters is 1. The summed E-state index contributed by atoms with van der Waals surface area (Å²) in [5.74, 6) is -0.455. The lowest BCUT2D eigenvalue weighted by Crippen LogP contribution is -2.46. The predicted octanol–water partition coefficient (Wildman–Crippen LogP) is 3.11. The van der Waals surface area contributed by atoms with E-state index in [2.05, 4.69) is 22.5 Å². The third-order valence-electron chi connectivity index (χ3n) is 7.39. The van der Waals surface area contributed by atoms with Crippen molar-refractivity contribution in [3.8, 4) is 0 Å². The van der Waals surface area contributed by atoms with Crippen LogP contribution in [0, 0.1) is 5.92 Å². The van der Waals surface area contributed by atoms with Crippen LogP contribution in [0.3, 0.4) is 0 Å². The highest BCUT2D eigenvalue weighted by molar-refractivity contribution is 5.91. The lowest BCUT2D eigenvalue weighted by Gasteiger charge is -2.43. The van der Waals surface area contributed by atoms with Crippen molar-refractivity contribution in [1.82, 2.24) is 10.2 Å². The van der Waals surface area contributed by atoms with E-state index in [1.165, 1.54) is 0 Å². The molecule has 2 aliphatic rings. The molecular formula is C29H39N3O7. The number of carbonyl (C=O) groups is 2. The Morgan fingerprint density at radius 3 is 2.44 bits per heavy atom. The van der Waals surface area contributed by atoms with E-state index in [-0.39, 0.29) is 50.5 Å². The number of anilines is 1. The van der Waals surface area contributed by atoms with Crippen molar-refractivity contribution in [2.45, 2.75) is 57.8 Å². The lowest BCUT2D eigenvalue weighted by atomic mass is 9.90. The van der Waals surface area contributed by atoms with Gasteiger partial charge in [-0.2, -0.15) is 0 Å². The van der Waals surface area contributed by atoms with Gasteiger partial charge in [0.1, 0.15) is 6.54 Å². The van der Waals surface area contributed by atoms with Crippen LogP contribution >= 0.6 is 0 Å². The normalized spacial score (nSPS) is 25.3. The summed E-state index contributed by atoms with van der Waals surface area (Å²) in [5.41, 5.74) is 3.21. The minimum atomic E-state index is -0.629. The fourth-order valence-electron chi connectivity index (χ4n) is 5.16. The molecule has 2 aromatic carbocycles. The molecule has 2 fully saturated rings. The second-order valence-electron chi connectivity index (χ2n) is 10.0. The summed E-state index contributed by atoms with van der Waals surface area (Å²) >= 11 is 0. The molecule has 2 amide bonds. The second kappa shape index (κ2) is 13.9. The highest BCUT2D eigenvalue weighted by Gasteiger charge is 2.40. The van der Waals surface area contributed by atoms with Gasteiger partial charge < -0.3 is 35.1 Å².